The van der Waals surface area contributed by atoms with Crippen molar-refractivity contribution >= 4 is 28.6 Å². The Morgan fingerprint density at radius 2 is 2.25 bits per heavy atom. The number of esters is 1. The smallest absolute Gasteiger partial charge is 0.310 e. The lowest BCUT2D eigenvalue weighted by molar-refractivity contribution is -0.139. The molecule has 0 aliphatic heterocycles. The van der Waals surface area contributed by atoms with Crippen LogP contribution in [-0.4, -0.2) is 18.1 Å². The molecular formula is C9H8F2INO3. The Bertz CT molecular complexity index is 459. The normalized spacial score (nSPS) is 10.6. The lowest BCUT2D eigenvalue weighted by Gasteiger charge is -2.09. The molecule has 1 aromatic heterocycles. The molecule has 0 amide bonds. The van der Waals surface area contributed by atoms with E-state index < -0.39 is 23.6 Å². The Hall–Kier alpha value is -0.990. The monoisotopic (exact) mass is 343 g/mol. The number of H-pyrrole nitrogens is 1. The summed E-state index contributed by atoms with van der Waals surface area (Å²) in [5.74, 6) is -0.633. The number of alkyl halides is 2. The number of methoxy groups -OCH3 is 1. The van der Waals surface area contributed by atoms with Crippen LogP contribution in [-0.2, 0) is 16.0 Å². The van der Waals surface area contributed by atoms with Gasteiger partial charge in [-0.3, -0.25) is 9.59 Å². The van der Waals surface area contributed by atoms with Gasteiger partial charge in [-0.1, -0.05) is 0 Å². The minimum atomic E-state index is -2.83. The van der Waals surface area contributed by atoms with E-state index in [1.54, 1.807) is 22.6 Å². The van der Waals surface area contributed by atoms with Crippen LogP contribution in [0.1, 0.15) is 17.7 Å². The highest BCUT2D eigenvalue weighted by molar-refractivity contribution is 14.1. The van der Waals surface area contributed by atoms with Gasteiger partial charge in [0.1, 0.15) is 0 Å². The van der Waals surface area contributed by atoms with Crippen molar-refractivity contribution in [1.29, 1.82) is 0 Å². The summed E-state index contributed by atoms with van der Waals surface area (Å²) in [7, 11) is 1.17. The van der Waals surface area contributed by atoms with Crippen molar-refractivity contribution in [2.75, 3.05) is 7.11 Å². The third-order valence-electron chi connectivity index (χ3n) is 1.90. The zero-order valence-corrected chi connectivity index (χ0v) is 10.4. The third kappa shape index (κ3) is 3.00. The van der Waals surface area contributed by atoms with Crippen LogP contribution in [0, 0.1) is 3.57 Å². The number of ether oxygens (including phenoxy) is 1. The lowest BCUT2D eigenvalue weighted by atomic mass is 10.1. The lowest BCUT2D eigenvalue weighted by Crippen LogP contribution is -2.16. The number of pyridine rings is 1. The van der Waals surface area contributed by atoms with Crippen LogP contribution < -0.4 is 5.56 Å². The number of nitrogens with one attached hydrogen (secondary N) is 1. The molecule has 0 saturated heterocycles. The summed E-state index contributed by atoms with van der Waals surface area (Å²) in [4.78, 5) is 24.1. The second-order valence-electron chi connectivity index (χ2n) is 2.93. The highest BCUT2D eigenvalue weighted by Crippen LogP contribution is 2.23. The van der Waals surface area contributed by atoms with Gasteiger partial charge >= 0.3 is 5.97 Å². The molecule has 1 rings (SSSR count). The molecule has 4 nitrogen and oxygen atoms in total. The molecule has 0 aliphatic rings. The van der Waals surface area contributed by atoms with Gasteiger partial charge in [0.25, 0.3) is 6.43 Å². The SMILES string of the molecule is COC(=O)Cc1c(I)cc(=O)[nH]c1C(F)F. The maximum atomic E-state index is 12.6. The number of halogens is 3. The maximum absolute atomic E-state index is 12.6. The molecule has 0 aromatic carbocycles. The molecule has 0 aliphatic carbocycles. The Balaban J connectivity index is 3.24. The van der Waals surface area contributed by atoms with Crippen molar-refractivity contribution in [3.8, 4) is 0 Å². The molecule has 1 N–H and O–H groups in total. The molecule has 0 bridgehead atoms. The van der Waals surface area contributed by atoms with Crippen molar-refractivity contribution in [2.45, 2.75) is 12.8 Å². The minimum Gasteiger partial charge on any atom is -0.469 e. The van der Waals surface area contributed by atoms with Crippen LogP contribution in [0.2, 0.25) is 0 Å². The third-order valence-corrected chi connectivity index (χ3v) is 2.86. The number of carbonyl (C=O) groups is 1. The number of carbonyl (C=O) groups excluding carboxylic acids is 1. The van der Waals surface area contributed by atoms with Gasteiger partial charge in [0.15, 0.2) is 0 Å². The van der Waals surface area contributed by atoms with Crippen molar-refractivity contribution in [2.24, 2.45) is 0 Å². The second-order valence-corrected chi connectivity index (χ2v) is 4.09. The number of aromatic amines is 1. The molecule has 7 heteroatoms. The standard InChI is InChI=1S/C9H8F2INO3/c1-16-7(15)2-4-5(12)3-6(14)13-8(4)9(10)11/h3,9H,2H2,1H3,(H,13,14). The number of rotatable bonds is 3. The van der Waals surface area contributed by atoms with Crippen molar-refractivity contribution in [3.05, 3.63) is 31.2 Å². The van der Waals surface area contributed by atoms with Crippen LogP contribution in [0.5, 0.6) is 0 Å². The summed E-state index contributed by atoms with van der Waals surface area (Å²) in [6, 6.07) is 1.16. The van der Waals surface area contributed by atoms with Gasteiger partial charge in [-0.25, -0.2) is 8.78 Å². The number of hydrogen-bond acceptors (Lipinski definition) is 3. The molecule has 16 heavy (non-hydrogen) atoms. The molecule has 0 radical (unpaired) electrons. The first-order valence-corrected chi connectivity index (χ1v) is 5.30. The van der Waals surface area contributed by atoms with Gasteiger partial charge in [0, 0.05) is 15.2 Å². The topological polar surface area (TPSA) is 59.2 Å². The molecule has 0 fully saturated rings. The van der Waals surface area contributed by atoms with Gasteiger partial charge in [0.2, 0.25) is 5.56 Å². The summed E-state index contributed by atoms with van der Waals surface area (Å²) in [6.45, 7) is 0. The predicted octanol–water partition coefficient (Wildman–Crippen LogP) is 1.63. The first-order chi connectivity index (χ1) is 7.45. The summed E-state index contributed by atoms with van der Waals surface area (Å²) in [6.07, 6.45) is -3.12. The zero-order valence-electron chi connectivity index (χ0n) is 8.22. The highest BCUT2D eigenvalue weighted by Gasteiger charge is 2.19. The van der Waals surface area contributed by atoms with Crippen molar-refractivity contribution in [1.82, 2.24) is 4.98 Å². The first-order valence-electron chi connectivity index (χ1n) is 4.22. The van der Waals surface area contributed by atoms with Gasteiger partial charge < -0.3 is 9.72 Å². The molecule has 0 unspecified atom stereocenters. The molecule has 0 atom stereocenters. The maximum Gasteiger partial charge on any atom is 0.310 e. The van der Waals surface area contributed by atoms with Gasteiger partial charge in [0.05, 0.1) is 19.2 Å². The van der Waals surface area contributed by atoms with Crippen molar-refractivity contribution < 1.29 is 18.3 Å². The second kappa shape index (κ2) is 5.37. The quantitative estimate of drug-likeness (QED) is 0.671. The highest BCUT2D eigenvalue weighted by atomic mass is 127. The van der Waals surface area contributed by atoms with E-state index in [-0.39, 0.29) is 12.0 Å². The van der Waals surface area contributed by atoms with Gasteiger partial charge in [-0.15, -0.1) is 0 Å². The summed E-state index contributed by atoms with van der Waals surface area (Å²) >= 11 is 1.73. The Morgan fingerprint density at radius 3 is 2.75 bits per heavy atom. The van der Waals surface area contributed by atoms with E-state index in [1.165, 1.54) is 7.11 Å². The van der Waals surface area contributed by atoms with Crippen LogP contribution in [0.25, 0.3) is 0 Å². The van der Waals surface area contributed by atoms with E-state index in [1.807, 2.05) is 4.98 Å². The van der Waals surface area contributed by atoms with E-state index >= 15 is 0 Å². The minimum absolute atomic E-state index is 0.0991. The fraction of sp³-hybridized carbons (Fsp3) is 0.333. The summed E-state index contributed by atoms with van der Waals surface area (Å²) in [5, 5.41) is 0. The first kappa shape index (κ1) is 13.1. The predicted molar refractivity (Wildman–Crippen MR) is 60.5 cm³/mol. The molecular weight excluding hydrogens is 335 g/mol. The Morgan fingerprint density at radius 1 is 1.62 bits per heavy atom. The molecule has 0 spiro atoms. The summed E-state index contributed by atoms with van der Waals surface area (Å²) < 4.78 is 29.9. The Labute approximate surface area is 103 Å². The van der Waals surface area contributed by atoms with Crippen LogP contribution in [0.15, 0.2) is 10.9 Å². The average Bonchev–Trinajstić information content (AvgIpc) is 2.20. The number of hydrogen-bond donors (Lipinski definition) is 1. The molecule has 1 aromatic rings. The summed E-state index contributed by atoms with van der Waals surface area (Å²) in [5.41, 5.74) is -1.04. The van der Waals surface area contributed by atoms with Crippen LogP contribution in [0.4, 0.5) is 8.78 Å². The van der Waals surface area contributed by atoms with E-state index in [4.69, 9.17) is 0 Å². The molecule has 1 heterocycles. The average molecular weight is 343 g/mol. The van der Waals surface area contributed by atoms with E-state index in [0.29, 0.717) is 3.57 Å². The zero-order chi connectivity index (χ0) is 12.3. The van der Waals surface area contributed by atoms with Crippen LogP contribution >= 0.6 is 22.6 Å². The van der Waals surface area contributed by atoms with Gasteiger partial charge in [-0.2, -0.15) is 0 Å². The number of aromatic nitrogens is 1. The largest absolute Gasteiger partial charge is 0.469 e. The molecule has 0 saturated carbocycles. The van der Waals surface area contributed by atoms with E-state index in [9.17, 15) is 18.4 Å². The van der Waals surface area contributed by atoms with E-state index in [2.05, 4.69) is 4.74 Å². The van der Waals surface area contributed by atoms with Gasteiger partial charge in [-0.05, 0) is 22.6 Å². The fourth-order valence-electron chi connectivity index (χ4n) is 1.16. The fourth-order valence-corrected chi connectivity index (χ4v) is 1.92. The Kier molecular flexibility index (Phi) is 4.39. The molecule has 88 valence electrons. The van der Waals surface area contributed by atoms with E-state index in [0.717, 1.165) is 6.07 Å². The van der Waals surface area contributed by atoms with Crippen LogP contribution in [0.3, 0.4) is 0 Å². The van der Waals surface area contributed by atoms with Crippen molar-refractivity contribution in [3.63, 3.8) is 0 Å².